The van der Waals surface area contributed by atoms with Gasteiger partial charge >= 0.3 is 0 Å². The zero-order valence-corrected chi connectivity index (χ0v) is 15.7. The average molecular weight is 381 g/mol. The van der Waals surface area contributed by atoms with E-state index in [1.54, 1.807) is 6.08 Å². The van der Waals surface area contributed by atoms with Crippen LogP contribution in [0, 0.1) is 0 Å². The van der Waals surface area contributed by atoms with Crippen molar-refractivity contribution in [1.29, 1.82) is 0 Å². The van der Waals surface area contributed by atoms with Gasteiger partial charge in [-0.1, -0.05) is 11.6 Å². The van der Waals surface area contributed by atoms with Crippen LogP contribution in [0.3, 0.4) is 0 Å². The Morgan fingerprint density at radius 1 is 1.16 bits per heavy atom. The zero-order chi connectivity index (χ0) is 17.6. The summed E-state index contributed by atoms with van der Waals surface area (Å²) in [6.45, 7) is 2.82. The predicted octanol–water partition coefficient (Wildman–Crippen LogP) is 3.47. The van der Waals surface area contributed by atoms with Crippen molar-refractivity contribution in [3.63, 3.8) is 0 Å². The van der Waals surface area contributed by atoms with Crippen LogP contribution in [-0.4, -0.2) is 44.3 Å². The predicted molar refractivity (Wildman–Crippen MR) is 100 cm³/mol. The SMILES string of the molecule is CN1CCc2c(Cl)ccc3oc(/C=C/S(=O)(=O)N4CCCC4)c(c23)C1. The lowest BCUT2D eigenvalue weighted by atomic mass is 10.0. The van der Waals surface area contributed by atoms with E-state index in [1.165, 1.54) is 9.71 Å². The molecule has 1 aromatic heterocycles. The Morgan fingerprint density at radius 3 is 2.68 bits per heavy atom. The van der Waals surface area contributed by atoms with Gasteiger partial charge in [-0.2, -0.15) is 4.31 Å². The molecule has 134 valence electrons. The first-order chi connectivity index (χ1) is 12.0. The van der Waals surface area contributed by atoms with Crippen LogP contribution >= 0.6 is 11.6 Å². The largest absolute Gasteiger partial charge is 0.456 e. The second kappa shape index (κ2) is 6.43. The number of hydrogen-bond acceptors (Lipinski definition) is 4. The van der Waals surface area contributed by atoms with Crippen molar-refractivity contribution < 1.29 is 12.8 Å². The molecule has 0 atom stereocenters. The molecular weight excluding hydrogens is 360 g/mol. The smallest absolute Gasteiger partial charge is 0.236 e. The molecule has 7 heteroatoms. The van der Waals surface area contributed by atoms with Gasteiger partial charge in [0, 0.05) is 47.6 Å². The Labute approximate surface area is 152 Å². The highest BCUT2D eigenvalue weighted by Gasteiger charge is 2.25. The van der Waals surface area contributed by atoms with E-state index in [1.807, 2.05) is 19.2 Å². The third kappa shape index (κ3) is 3.12. The van der Waals surface area contributed by atoms with Gasteiger partial charge in [-0.15, -0.1) is 0 Å². The molecule has 1 saturated heterocycles. The van der Waals surface area contributed by atoms with Crippen molar-refractivity contribution in [1.82, 2.24) is 9.21 Å². The van der Waals surface area contributed by atoms with Gasteiger partial charge in [-0.05, 0) is 50.1 Å². The van der Waals surface area contributed by atoms with Crippen molar-refractivity contribution in [3.05, 3.63) is 39.5 Å². The summed E-state index contributed by atoms with van der Waals surface area (Å²) < 4.78 is 32.4. The molecule has 1 fully saturated rings. The van der Waals surface area contributed by atoms with Crippen molar-refractivity contribution in [3.8, 4) is 0 Å². The summed E-state index contributed by atoms with van der Waals surface area (Å²) in [7, 11) is -1.34. The first-order valence-corrected chi connectivity index (χ1v) is 10.4. The second-order valence-corrected chi connectivity index (χ2v) is 9.01. The second-order valence-electron chi connectivity index (χ2n) is 6.79. The van der Waals surface area contributed by atoms with E-state index in [9.17, 15) is 8.42 Å². The van der Waals surface area contributed by atoms with Gasteiger partial charge in [0.1, 0.15) is 11.3 Å². The molecule has 0 saturated carbocycles. The molecule has 0 unspecified atom stereocenters. The van der Waals surface area contributed by atoms with E-state index in [0.29, 0.717) is 25.4 Å². The Morgan fingerprint density at radius 2 is 1.92 bits per heavy atom. The maximum absolute atomic E-state index is 12.5. The minimum absolute atomic E-state index is 0.599. The van der Waals surface area contributed by atoms with E-state index < -0.39 is 10.0 Å². The minimum Gasteiger partial charge on any atom is -0.456 e. The molecule has 0 aliphatic carbocycles. The fraction of sp³-hybridized carbons (Fsp3) is 0.444. The first-order valence-electron chi connectivity index (χ1n) is 8.55. The lowest BCUT2D eigenvalue weighted by Gasteiger charge is -2.13. The molecule has 3 heterocycles. The maximum Gasteiger partial charge on any atom is 0.236 e. The van der Waals surface area contributed by atoms with Crippen LogP contribution in [0.5, 0.6) is 0 Å². The quantitative estimate of drug-likeness (QED) is 0.818. The lowest BCUT2D eigenvalue weighted by Crippen LogP contribution is -2.25. The normalized spacial score (nSPS) is 19.9. The monoisotopic (exact) mass is 380 g/mol. The summed E-state index contributed by atoms with van der Waals surface area (Å²) in [4.78, 5) is 2.20. The molecule has 25 heavy (non-hydrogen) atoms. The fourth-order valence-electron chi connectivity index (χ4n) is 3.68. The molecule has 0 N–H and O–H groups in total. The van der Waals surface area contributed by atoms with E-state index in [2.05, 4.69) is 4.90 Å². The highest BCUT2D eigenvalue weighted by Crippen LogP contribution is 2.36. The zero-order valence-electron chi connectivity index (χ0n) is 14.2. The number of benzene rings is 1. The summed E-state index contributed by atoms with van der Waals surface area (Å²) in [6.07, 6.45) is 4.31. The van der Waals surface area contributed by atoms with Gasteiger partial charge < -0.3 is 9.32 Å². The Balaban J connectivity index is 1.79. The number of furan rings is 1. The Bertz CT molecular complexity index is 943. The summed E-state index contributed by atoms with van der Waals surface area (Å²) in [5.41, 5.74) is 2.87. The van der Waals surface area contributed by atoms with Crippen molar-refractivity contribution in [2.75, 3.05) is 26.7 Å². The Kier molecular flexibility index (Phi) is 4.40. The van der Waals surface area contributed by atoms with E-state index >= 15 is 0 Å². The number of sulfonamides is 1. The number of likely N-dealkylation sites (N-methyl/N-ethyl adjacent to an activating group) is 1. The van der Waals surface area contributed by atoms with Crippen LogP contribution in [0.15, 0.2) is 22.0 Å². The molecule has 4 rings (SSSR count). The molecule has 0 spiro atoms. The molecule has 0 amide bonds. The standard InChI is InChI=1S/C18H21ClN2O3S/c1-20-10-6-13-15(19)4-5-17-18(13)14(12-20)16(24-17)7-11-25(22,23)21-8-2-3-9-21/h4-5,7,11H,2-3,6,8-10,12H2,1H3/b11-7+. The van der Waals surface area contributed by atoms with E-state index in [0.717, 1.165) is 52.9 Å². The van der Waals surface area contributed by atoms with Crippen LogP contribution in [0.2, 0.25) is 5.02 Å². The summed E-state index contributed by atoms with van der Waals surface area (Å²) in [5.74, 6) is 0.607. The molecule has 5 nitrogen and oxygen atoms in total. The fourth-order valence-corrected chi connectivity index (χ4v) is 5.17. The summed E-state index contributed by atoms with van der Waals surface area (Å²) in [5, 5.41) is 3.05. The molecule has 1 aromatic carbocycles. The average Bonchev–Trinajstić information content (AvgIpc) is 3.18. The van der Waals surface area contributed by atoms with Gasteiger partial charge in [-0.25, -0.2) is 8.42 Å². The number of nitrogens with zero attached hydrogens (tertiary/aromatic N) is 2. The Hall–Kier alpha value is -1.34. The highest BCUT2D eigenvalue weighted by molar-refractivity contribution is 7.92. The van der Waals surface area contributed by atoms with E-state index in [4.69, 9.17) is 16.0 Å². The number of halogens is 1. The van der Waals surface area contributed by atoms with Gasteiger partial charge in [0.2, 0.25) is 10.0 Å². The molecule has 0 radical (unpaired) electrons. The first kappa shape index (κ1) is 17.1. The van der Waals surface area contributed by atoms with Crippen LogP contribution in [0.25, 0.3) is 17.0 Å². The molecule has 2 aliphatic heterocycles. The van der Waals surface area contributed by atoms with Crippen molar-refractivity contribution >= 4 is 38.7 Å². The molecular formula is C18H21ClN2O3S. The molecule has 0 bridgehead atoms. The number of rotatable bonds is 3. The molecule has 2 aromatic rings. The van der Waals surface area contributed by atoms with Gasteiger partial charge in [0.25, 0.3) is 0 Å². The van der Waals surface area contributed by atoms with Gasteiger partial charge in [-0.3, -0.25) is 0 Å². The topological polar surface area (TPSA) is 53.8 Å². The van der Waals surface area contributed by atoms with Crippen molar-refractivity contribution in [2.24, 2.45) is 0 Å². The third-order valence-electron chi connectivity index (χ3n) is 5.02. The van der Waals surface area contributed by atoms with Crippen LogP contribution in [-0.2, 0) is 23.0 Å². The van der Waals surface area contributed by atoms with Crippen LogP contribution in [0.1, 0.15) is 29.7 Å². The van der Waals surface area contributed by atoms with Gasteiger partial charge in [0.05, 0.1) is 0 Å². The van der Waals surface area contributed by atoms with Crippen LogP contribution in [0.4, 0.5) is 0 Å². The summed E-state index contributed by atoms with van der Waals surface area (Å²) in [6, 6.07) is 3.72. The van der Waals surface area contributed by atoms with Crippen LogP contribution < -0.4 is 0 Å². The lowest BCUT2D eigenvalue weighted by molar-refractivity contribution is 0.334. The minimum atomic E-state index is -3.39. The third-order valence-corrected chi connectivity index (χ3v) is 6.94. The number of hydrogen-bond donors (Lipinski definition) is 0. The summed E-state index contributed by atoms with van der Waals surface area (Å²) >= 11 is 6.39. The maximum atomic E-state index is 12.5. The van der Waals surface area contributed by atoms with Crippen molar-refractivity contribution in [2.45, 2.75) is 25.8 Å². The van der Waals surface area contributed by atoms with E-state index in [-0.39, 0.29) is 0 Å². The van der Waals surface area contributed by atoms with Gasteiger partial charge in [0.15, 0.2) is 0 Å². The highest BCUT2D eigenvalue weighted by atomic mass is 35.5. The molecule has 2 aliphatic rings.